The Hall–Kier alpha value is -1.53. The van der Waals surface area contributed by atoms with E-state index in [0.717, 1.165) is 27.4 Å². The van der Waals surface area contributed by atoms with Crippen molar-refractivity contribution in [2.75, 3.05) is 5.32 Å². The molecule has 0 fully saturated rings. The lowest BCUT2D eigenvalue weighted by atomic mass is 10.1. The topological polar surface area (TPSA) is 35.8 Å². The van der Waals surface area contributed by atoms with Crippen LogP contribution >= 0.6 is 15.9 Å². The third kappa shape index (κ3) is 2.42. The summed E-state index contributed by atoms with van der Waals surface area (Å²) in [6, 6.07) is 14.3. The predicted molar refractivity (Wildman–Crippen MR) is 75.0 cm³/mol. The summed E-state index contributed by atoms with van der Waals surface area (Å²) in [6.45, 7) is 2.00. The lowest BCUT2D eigenvalue weighted by Crippen LogP contribution is -2.15. The van der Waals surface area contributed by atoms with Crippen molar-refractivity contribution in [2.45, 2.75) is 19.4 Å². The zero-order chi connectivity index (χ0) is 12.3. The number of nitrogens with one attached hydrogen (secondary N) is 1. The van der Waals surface area contributed by atoms with Crippen LogP contribution in [0.15, 0.2) is 40.9 Å². The van der Waals surface area contributed by atoms with E-state index >= 15 is 0 Å². The van der Waals surface area contributed by atoms with Crippen molar-refractivity contribution < 1.29 is 0 Å². The summed E-state index contributed by atoms with van der Waals surface area (Å²) in [5, 5.41) is 14.6. The molecule has 2 rings (SSSR count). The van der Waals surface area contributed by atoms with Gasteiger partial charge in [-0.05, 0) is 23.9 Å². The van der Waals surface area contributed by atoms with Crippen LogP contribution in [0.2, 0.25) is 0 Å². The SMILES string of the molecule is CCC(C#N)Nc1ccc(Br)c2ccccc12. The maximum Gasteiger partial charge on any atom is 0.114 e. The van der Waals surface area contributed by atoms with E-state index in [1.807, 2.05) is 31.2 Å². The van der Waals surface area contributed by atoms with Gasteiger partial charge in [-0.1, -0.05) is 47.1 Å². The minimum atomic E-state index is -0.139. The third-order valence-corrected chi connectivity index (χ3v) is 3.46. The summed E-state index contributed by atoms with van der Waals surface area (Å²) in [5.74, 6) is 0. The molecule has 0 heterocycles. The molecule has 0 aliphatic rings. The molecule has 1 N–H and O–H groups in total. The van der Waals surface area contributed by atoms with Gasteiger partial charge in [0.05, 0.1) is 6.07 Å². The number of nitriles is 1. The molecule has 0 saturated heterocycles. The molecule has 1 unspecified atom stereocenters. The first kappa shape index (κ1) is 11.9. The standard InChI is InChI=1S/C14H13BrN2/c1-2-10(9-16)17-14-8-7-13(15)11-5-3-4-6-12(11)14/h3-8,10,17H,2H2,1H3. The van der Waals surface area contributed by atoms with Gasteiger partial charge in [0.2, 0.25) is 0 Å². The third-order valence-electron chi connectivity index (χ3n) is 2.76. The van der Waals surface area contributed by atoms with Gasteiger partial charge in [-0.3, -0.25) is 0 Å². The van der Waals surface area contributed by atoms with E-state index < -0.39 is 0 Å². The van der Waals surface area contributed by atoms with E-state index in [1.54, 1.807) is 0 Å². The number of hydrogen-bond acceptors (Lipinski definition) is 2. The van der Waals surface area contributed by atoms with Gasteiger partial charge < -0.3 is 5.32 Å². The highest BCUT2D eigenvalue weighted by atomic mass is 79.9. The minimum absolute atomic E-state index is 0.139. The number of rotatable bonds is 3. The van der Waals surface area contributed by atoms with Crippen LogP contribution in [0.25, 0.3) is 10.8 Å². The lowest BCUT2D eigenvalue weighted by Gasteiger charge is -2.14. The lowest BCUT2D eigenvalue weighted by molar-refractivity contribution is 0.847. The molecule has 2 nitrogen and oxygen atoms in total. The van der Waals surface area contributed by atoms with Gasteiger partial charge in [0, 0.05) is 15.5 Å². The second-order valence-corrected chi connectivity index (χ2v) is 4.73. The van der Waals surface area contributed by atoms with Gasteiger partial charge in [-0.25, -0.2) is 0 Å². The molecule has 0 spiro atoms. The number of benzene rings is 2. The second-order valence-electron chi connectivity index (χ2n) is 3.87. The zero-order valence-corrected chi connectivity index (χ0v) is 11.2. The van der Waals surface area contributed by atoms with Crippen molar-refractivity contribution in [1.29, 1.82) is 5.26 Å². The molecular weight excluding hydrogens is 276 g/mol. The van der Waals surface area contributed by atoms with E-state index in [-0.39, 0.29) is 6.04 Å². The van der Waals surface area contributed by atoms with Crippen LogP contribution in [0.4, 0.5) is 5.69 Å². The normalized spacial score (nSPS) is 12.1. The molecule has 2 aromatic rings. The Kier molecular flexibility index (Phi) is 3.65. The van der Waals surface area contributed by atoms with Crippen LogP contribution in [0.5, 0.6) is 0 Å². The largest absolute Gasteiger partial charge is 0.369 e. The first-order valence-corrected chi connectivity index (χ1v) is 6.39. The van der Waals surface area contributed by atoms with Gasteiger partial charge >= 0.3 is 0 Å². The summed E-state index contributed by atoms with van der Waals surface area (Å²) >= 11 is 3.54. The highest BCUT2D eigenvalue weighted by Gasteiger charge is 2.08. The van der Waals surface area contributed by atoms with Crippen molar-refractivity contribution in [3.05, 3.63) is 40.9 Å². The van der Waals surface area contributed by atoms with Crippen molar-refractivity contribution in [3.8, 4) is 6.07 Å². The molecule has 0 saturated carbocycles. The highest BCUT2D eigenvalue weighted by molar-refractivity contribution is 9.10. The van der Waals surface area contributed by atoms with Gasteiger partial charge in [-0.15, -0.1) is 0 Å². The fraction of sp³-hybridized carbons (Fsp3) is 0.214. The number of hydrogen-bond donors (Lipinski definition) is 1. The summed E-state index contributed by atoms with van der Waals surface area (Å²) in [4.78, 5) is 0. The van der Waals surface area contributed by atoms with Crippen molar-refractivity contribution in [2.24, 2.45) is 0 Å². The first-order valence-electron chi connectivity index (χ1n) is 5.59. The number of anilines is 1. The maximum atomic E-state index is 8.99. The Morgan fingerprint density at radius 2 is 1.94 bits per heavy atom. The number of fused-ring (bicyclic) bond motifs is 1. The Morgan fingerprint density at radius 1 is 1.24 bits per heavy atom. The summed E-state index contributed by atoms with van der Waals surface area (Å²) in [7, 11) is 0. The van der Waals surface area contributed by atoms with E-state index in [1.165, 1.54) is 0 Å². The van der Waals surface area contributed by atoms with E-state index in [2.05, 4.69) is 39.4 Å². The molecule has 0 aliphatic heterocycles. The molecule has 3 heteroatoms. The highest BCUT2D eigenvalue weighted by Crippen LogP contribution is 2.30. The van der Waals surface area contributed by atoms with Gasteiger partial charge in [-0.2, -0.15) is 5.26 Å². The van der Waals surface area contributed by atoms with Crippen LogP contribution in [-0.4, -0.2) is 6.04 Å². The molecule has 0 aromatic heterocycles. The van der Waals surface area contributed by atoms with Crippen molar-refractivity contribution >= 4 is 32.4 Å². The van der Waals surface area contributed by atoms with Crippen LogP contribution in [0.1, 0.15) is 13.3 Å². The summed E-state index contributed by atoms with van der Waals surface area (Å²) < 4.78 is 1.07. The smallest absolute Gasteiger partial charge is 0.114 e. The van der Waals surface area contributed by atoms with Crippen LogP contribution < -0.4 is 5.32 Å². The quantitative estimate of drug-likeness (QED) is 0.913. The molecule has 17 heavy (non-hydrogen) atoms. The monoisotopic (exact) mass is 288 g/mol. The number of halogens is 1. The predicted octanol–water partition coefficient (Wildman–Crippen LogP) is 4.32. The van der Waals surface area contributed by atoms with Gasteiger partial charge in [0.1, 0.15) is 6.04 Å². The van der Waals surface area contributed by atoms with Crippen LogP contribution in [0.3, 0.4) is 0 Å². The summed E-state index contributed by atoms with van der Waals surface area (Å²) in [5.41, 5.74) is 1.01. The Bertz CT molecular complexity index is 572. The fourth-order valence-corrected chi connectivity index (χ4v) is 2.28. The van der Waals surface area contributed by atoms with E-state index in [4.69, 9.17) is 5.26 Å². The van der Waals surface area contributed by atoms with E-state index in [9.17, 15) is 0 Å². The molecule has 1 atom stereocenters. The molecule has 0 radical (unpaired) electrons. The molecule has 0 amide bonds. The van der Waals surface area contributed by atoms with Crippen molar-refractivity contribution in [1.82, 2.24) is 0 Å². The Balaban J connectivity index is 2.49. The second kappa shape index (κ2) is 5.20. The minimum Gasteiger partial charge on any atom is -0.369 e. The molecular formula is C14H13BrN2. The number of nitrogens with zero attached hydrogens (tertiary/aromatic N) is 1. The average Bonchev–Trinajstić information content (AvgIpc) is 2.38. The van der Waals surface area contributed by atoms with Gasteiger partial charge in [0.25, 0.3) is 0 Å². The Morgan fingerprint density at radius 3 is 2.59 bits per heavy atom. The van der Waals surface area contributed by atoms with Crippen LogP contribution in [0, 0.1) is 11.3 Å². The summed E-state index contributed by atoms with van der Waals surface area (Å²) in [6.07, 6.45) is 0.793. The zero-order valence-electron chi connectivity index (χ0n) is 9.57. The van der Waals surface area contributed by atoms with Crippen molar-refractivity contribution in [3.63, 3.8) is 0 Å². The average molecular weight is 289 g/mol. The first-order chi connectivity index (χ1) is 8.26. The molecule has 0 aliphatic carbocycles. The molecule has 86 valence electrons. The maximum absolute atomic E-state index is 8.99. The fourth-order valence-electron chi connectivity index (χ4n) is 1.80. The molecule has 0 bridgehead atoms. The van der Waals surface area contributed by atoms with Gasteiger partial charge in [0.15, 0.2) is 0 Å². The Labute approximate surface area is 109 Å². The molecule has 2 aromatic carbocycles. The van der Waals surface area contributed by atoms with E-state index in [0.29, 0.717) is 0 Å². The van der Waals surface area contributed by atoms with Crippen LogP contribution in [-0.2, 0) is 0 Å².